The van der Waals surface area contributed by atoms with Gasteiger partial charge in [-0.05, 0) is 36.2 Å². The van der Waals surface area contributed by atoms with Gasteiger partial charge in [0.25, 0.3) is 5.91 Å². The van der Waals surface area contributed by atoms with Crippen molar-refractivity contribution >= 4 is 23.6 Å². The van der Waals surface area contributed by atoms with Crippen molar-refractivity contribution in [2.24, 2.45) is 0 Å². The quantitative estimate of drug-likeness (QED) is 0.872. The van der Waals surface area contributed by atoms with E-state index >= 15 is 0 Å². The summed E-state index contributed by atoms with van der Waals surface area (Å²) >= 11 is 1.52. The molecule has 0 aromatic heterocycles. The second-order valence-electron chi connectivity index (χ2n) is 6.12. The van der Waals surface area contributed by atoms with E-state index < -0.39 is 6.04 Å². The zero-order valence-corrected chi connectivity index (χ0v) is 15.3. The molecule has 1 heterocycles. The molecule has 4 nitrogen and oxygen atoms in total. The number of rotatable bonds is 5. The molecule has 6 heteroatoms. The fourth-order valence-electron chi connectivity index (χ4n) is 2.94. The topological polar surface area (TPSA) is 49.4 Å². The third-order valence-corrected chi connectivity index (χ3v) is 5.59. The number of thioether (sulfide) groups is 1. The van der Waals surface area contributed by atoms with Crippen LogP contribution in [0.1, 0.15) is 34.6 Å². The van der Waals surface area contributed by atoms with Crippen molar-refractivity contribution in [1.82, 2.24) is 10.2 Å². The van der Waals surface area contributed by atoms with Crippen LogP contribution in [0, 0.1) is 5.82 Å². The van der Waals surface area contributed by atoms with Crippen LogP contribution in [-0.4, -0.2) is 35.1 Å². The van der Waals surface area contributed by atoms with Crippen LogP contribution in [0.4, 0.5) is 4.39 Å². The summed E-state index contributed by atoms with van der Waals surface area (Å²) in [6, 6.07) is 14.5. The Morgan fingerprint density at radius 2 is 1.85 bits per heavy atom. The SMILES string of the molecule is CCCNC(=O)C1CSC(c2ccc(F)cc2)N1C(=O)c1ccccc1. The number of hydrogen-bond acceptors (Lipinski definition) is 3. The minimum absolute atomic E-state index is 0.145. The minimum atomic E-state index is -0.547. The number of nitrogens with one attached hydrogen (secondary N) is 1. The van der Waals surface area contributed by atoms with E-state index in [2.05, 4.69) is 5.32 Å². The first-order chi connectivity index (χ1) is 12.6. The first-order valence-corrected chi connectivity index (χ1v) is 9.69. The number of nitrogens with zero attached hydrogens (tertiary/aromatic N) is 1. The predicted molar refractivity (Wildman–Crippen MR) is 101 cm³/mol. The highest BCUT2D eigenvalue weighted by Gasteiger charge is 2.42. The summed E-state index contributed by atoms with van der Waals surface area (Å²) in [5, 5.41) is 2.57. The van der Waals surface area contributed by atoms with E-state index in [4.69, 9.17) is 0 Å². The van der Waals surface area contributed by atoms with Crippen molar-refractivity contribution in [2.45, 2.75) is 24.8 Å². The first-order valence-electron chi connectivity index (χ1n) is 8.64. The number of carbonyl (C=O) groups excluding carboxylic acids is 2. The lowest BCUT2D eigenvalue weighted by molar-refractivity contribution is -0.124. The average Bonchev–Trinajstić information content (AvgIpc) is 3.12. The van der Waals surface area contributed by atoms with E-state index in [9.17, 15) is 14.0 Å². The Morgan fingerprint density at radius 3 is 2.50 bits per heavy atom. The van der Waals surface area contributed by atoms with Crippen LogP contribution in [0.2, 0.25) is 0 Å². The van der Waals surface area contributed by atoms with Gasteiger partial charge in [0.05, 0.1) is 0 Å². The Labute approximate surface area is 156 Å². The van der Waals surface area contributed by atoms with Gasteiger partial charge in [0.15, 0.2) is 0 Å². The average molecular weight is 372 g/mol. The van der Waals surface area contributed by atoms with Crippen molar-refractivity contribution in [3.8, 4) is 0 Å². The zero-order chi connectivity index (χ0) is 18.5. The number of hydrogen-bond donors (Lipinski definition) is 1. The lowest BCUT2D eigenvalue weighted by Gasteiger charge is -2.29. The molecule has 1 N–H and O–H groups in total. The molecule has 0 saturated carbocycles. The Kier molecular flexibility index (Phi) is 5.93. The van der Waals surface area contributed by atoms with Crippen molar-refractivity contribution in [1.29, 1.82) is 0 Å². The molecule has 2 unspecified atom stereocenters. The summed E-state index contributed by atoms with van der Waals surface area (Å²) in [6.45, 7) is 2.56. The molecule has 2 amide bonds. The number of benzene rings is 2. The molecule has 2 aromatic carbocycles. The molecule has 1 fully saturated rings. The largest absolute Gasteiger partial charge is 0.354 e. The Bertz CT molecular complexity index is 767. The summed E-state index contributed by atoms with van der Waals surface area (Å²) < 4.78 is 13.3. The van der Waals surface area contributed by atoms with Gasteiger partial charge in [0, 0.05) is 17.9 Å². The maximum absolute atomic E-state index is 13.3. The highest BCUT2D eigenvalue weighted by Crippen LogP contribution is 2.42. The van der Waals surface area contributed by atoms with Gasteiger partial charge >= 0.3 is 0 Å². The molecule has 2 atom stereocenters. The van der Waals surface area contributed by atoms with Gasteiger partial charge in [-0.1, -0.05) is 37.3 Å². The highest BCUT2D eigenvalue weighted by atomic mass is 32.2. The van der Waals surface area contributed by atoms with Gasteiger partial charge in [-0.3, -0.25) is 9.59 Å². The van der Waals surface area contributed by atoms with E-state index in [0.29, 0.717) is 17.9 Å². The van der Waals surface area contributed by atoms with Crippen molar-refractivity contribution in [3.05, 3.63) is 71.5 Å². The molecular weight excluding hydrogens is 351 g/mol. The molecular formula is C20H21FN2O2S. The molecule has 1 aliphatic heterocycles. The fraction of sp³-hybridized carbons (Fsp3) is 0.300. The molecule has 1 aliphatic rings. The van der Waals surface area contributed by atoms with Crippen LogP contribution in [0.5, 0.6) is 0 Å². The molecule has 0 radical (unpaired) electrons. The molecule has 0 bridgehead atoms. The monoisotopic (exact) mass is 372 g/mol. The fourth-order valence-corrected chi connectivity index (χ4v) is 4.37. The third kappa shape index (κ3) is 3.90. The van der Waals surface area contributed by atoms with Crippen molar-refractivity contribution < 1.29 is 14.0 Å². The van der Waals surface area contributed by atoms with Crippen LogP contribution in [0.25, 0.3) is 0 Å². The van der Waals surface area contributed by atoms with Crippen LogP contribution < -0.4 is 5.32 Å². The third-order valence-electron chi connectivity index (χ3n) is 4.26. The van der Waals surface area contributed by atoms with Crippen LogP contribution >= 0.6 is 11.8 Å². The molecule has 2 aromatic rings. The van der Waals surface area contributed by atoms with Crippen molar-refractivity contribution in [2.75, 3.05) is 12.3 Å². The second kappa shape index (κ2) is 8.36. The molecule has 26 heavy (non-hydrogen) atoms. The molecule has 0 aliphatic carbocycles. The van der Waals surface area contributed by atoms with E-state index in [0.717, 1.165) is 12.0 Å². The summed E-state index contributed by atoms with van der Waals surface area (Å²) in [4.78, 5) is 27.4. The molecule has 136 valence electrons. The van der Waals surface area contributed by atoms with Crippen molar-refractivity contribution in [3.63, 3.8) is 0 Å². The first kappa shape index (κ1) is 18.5. The Hall–Kier alpha value is -2.34. The number of halogens is 1. The smallest absolute Gasteiger partial charge is 0.255 e. The Morgan fingerprint density at radius 1 is 1.15 bits per heavy atom. The van der Waals surface area contributed by atoms with Gasteiger partial charge in [-0.25, -0.2) is 4.39 Å². The summed E-state index contributed by atoms with van der Waals surface area (Å²) in [5.74, 6) is -0.152. The predicted octanol–water partition coefficient (Wildman–Crippen LogP) is 3.61. The van der Waals surface area contributed by atoms with Gasteiger partial charge in [0.2, 0.25) is 5.91 Å². The number of amides is 2. The Balaban J connectivity index is 1.92. The second-order valence-corrected chi connectivity index (χ2v) is 7.24. The lowest BCUT2D eigenvalue weighted by Crippen LogP contribution is -2.48. The van der Waals surface area contributed by atoms with Gasteiger partial charge in [-0.15, -0.1) is 11.8 Å². The molecule has 3 rings (SSSR count). The number of carbonyl (C=O) groups is 2. The zero-order valence-electron chi connectivity index (χ0n) is 14.5. The van der Waals surface area contributed by atoms with Crippen LogP contribution in [0.15, 0.2) is 54.6 Å². The van der Waals surface area contributed by atoms with Gasteiger partial charge < -0.3 is 10.2 Å². The summed E-state index contributed by atoms with van der Waals surface area (Å²) in [7, 11) is 0. The van der Waals surface area contributed by atoms with Crippen LogP contribution in [-0.2, 0) is 4.79 Å². The van der Waals surface area contributed by atoms with Gasteiger partial charge in [-0.2, -0.15) is 0 Å². The lowest BCUT2D eigenvalue weighted by atomic mass is 10.1. The van der Waals surface area contributed by atoms with E-state index in [-0.39, 0.29) is 23.0 Å². The van der Waals surface area contributed by atoms with E-state index in [1.54, 1.807) is 41.3 Å². The van der Waals surface area contributed by atoms with E-state index in [1.165, 1.54) is 23.9 Å². The maximum Gasteiger partial charge on any atom is 0.255 e. The standard InChI is InChI=1S/C20H21FN2O2S/c1-2-12-22-18(24)17-13-26-20(15-8-10-16(21)11-9-15)23(17)19(25)14-6-4-3-5-7-14/h3-11,17,20H,2,12-13H2,1H3,(H,22,24). The van der Waals surface area contributed by atoms with Gasteiger partial charge in [0.1, 0.15) is 17.2 Å². The molecule has 1 saturated heterocycles. The van der Waals surface area contributed by atoms with Crippen LogP contribution in [0.3, 0.4) is 0 Å². The summed E-state index contributed by atoms with van der Waals surface area (Å²) in [5.41, 5.74) is 1.35. The van der Waals surface area contributed by atoms with E-state index in [1.807, 2.05) is 13.0 Å². The minimum Gasteiger partial charge on any atom is -0.354 e. The summed E-state index contributed by atoms with van der Waals surface area (Å²) in [6.07, 6.45) is 0.833. The normalized spacial score (nSPS) is 19.4. The molecule has 0 spiro atoms. The maximum atomic E-state index is 13.3. The highest BCUT2D eigenvalue weighted by molar-refractivity contribution is 7.99.